The zero-order valence-electron chi connectivity index (χ0n) is 9.38. The molecule has 2 unspecified atom stereocenters. The molecule has 0 saturated carbocycles. The minimum Gasteiger partial charge on any atom is -0.391 e. The van der Waals surface area contributed by atoms with Gasteiger partial charge in [0.1, 0.15) is 0 Å². The number of aliphatic hydroxyl groups excluding tert-OH is 1. The van der Waals surface area contributed by atoms with Crippen LogP contribution in [0.1, 0.15) is 34.1 Å². The van der Waals surface area contributed by atoms with E-state index >= 15 is 0 Å². The second kappa shape index (κ2) is 3.97. The molecule has 0 aromatic carbocycles. The number of hydrogen-bond acceptors (Lipinski definition) is 2. The number of β-amino-alcohol motifs (C(OH)–C–C–N with tert-alkyl or cyclic N) is 1. The lowest BCUT2D eigenvalue weighted by atomic mass is 9.89. The number of hydrogen-bond donors (Lipinski definition) is 1. The Morgan fingerprint density at radius 2 is 2.08 bits per heavy atom. The van der Waals surface area contributed by atoms with Crippen molar-refractivity contribution in [1.29, 1.82) is 0 Å². The van der Waals surface area contributed by atoms with E-state index in [2.05, 4.69) is 32.6 Å². The molecule has 13 heavy (non-hydrogen) atoms. The molecule has 1 N–H and O–H groups in total. The molecule has 0 amide bonds. The molecule has 2 atom stereocenters. The van der Waals surface area contributed by atoms with Crippen LogP contribution in [0, 0.1) is 11.3 Å². The van der Waals surface area contributed by atoms with Gasteiger partial charge >= 0.3 is 0 Å². The van der Waals surface area contributed by atoms with Crippen molar-refractivity contribution in [1.82, 2.24) is 4.90 Å². The van der Waals surface area contributed by atoms with Crippen LogP contribution in [0.2, 0.25) is 0 Å². The van der Waals surface area contributed by atoms with Crippen molar-refractivity contribution in [2.75, 3.05) is 19.6 Å². The largest absolute Gasteiger partial charge is 0.391 e. The van der Waals surface area contributed by atoms with Crippen LogP contribution in [0.5, 0.6) is 0 Å². The van der Waals surface area contributed by atoms with Gasteiger partial charge in [0.2, 0.25) is 0 Å². The van der Waals surface area contributed by atoms with E-state index in [1.165, 1.54) is 6.42 Å². The summed E-state index contributed by atoms with van der Waals surface area (Å²) in [5.74, 6) is 0.812. The first kappa shape index (κ1) is 11.0. The summed E-state index contributed by atoms with van der Waals surface area (Å²) in [7, 11) is 0. The Morgan fingerprint density at radius 3 is 2.46 bits per heavy atom. The summed E-state index contributed by atoms with van der Waals surface area (Å²) in [5, 5.41) is 9.89. The van der Waals surface area contributed by atoms with Crippen LogP contribution < -0.4 is 0 Å². The molecule has 78 valence electrons. The Labute approximate surface area is 81.9 Å². The van der Waals surface area contributed by atoms with Crippen molar-refractivity contribution in [2.24, 2.45) is 11.3 Å². The maximum atomic E-state index is 9.89. The lowest BCUT2D eigenvalue weighted by molar-refractivity contribution is 0.0338. The van der Waals surface area contributed by atoms with Crippen LogP contribution in [0.15, 0.2) is 0 Å². The number of likely N-dealkylation sites (tertiary alicyclic amines) is 1. The van der Waals surface area contributed by atoms with Crippen LogP contribution in [-0.4, -0.2) is 35.7 Å². The molecule has 0 aromatic heterocycles. The van der Waals surface area contributed by atoms with E-state index in [1.807, 2.05) is 0 Å². The van der Waals surface area contributed by atoms with Crippen molar-refractivity contribution in [3.8, 4) is 0 Å². The quantitative estimate of drug-likeness (QED) is 0.708. The lowest BCUT2D eigenvalue weighted by Crippen LogP contribution is -2.38. The Bertz CT molecular complexity index is 162. The van der Waals surface area contributed by atoms with Crippen LogP contribution in [0.3, 0.4) is 0 Å². The van der Waals surface area contributed by atoms with Gasteiger partial charge in [0.05, 0.1) is 6.10 Å². The summed E-state index contributed by atoms with van der Waals surface area (Å²) in [6, 6.07) is 0. The summed E-state index contributed by atoms with van der Waals surface area (Å²) in [4.78, 5) is 2.38. The van der Waals surface area contributed by atoms with Gasteiger partial charge in [-0.3, -0.25) is 0 Å². The fraction of sp³-hybridized carbons (Fsp3) is 1.00. The highest BCUT2D eigenvalue weighted by atomic mass is 16.3. The Balaban J connectivity index is 2.33. The van der Waals surface area contributed by atoms with Crippen molar-refractivity contribution in [3.63, 3.8) is 0 Å². The zero-order valence-corrected chi connectivity index (χ0v) is 9.38. The molecular formula is C11H23NO. The Kier molecular flexibility index (Phi) is 3.36. The maximum absolute atomic E-state index is 9.89. The molecule has 1 rings (SSSR count). The van der Waals surface area contributed by atoms with Gasteiger partial charge < -0.3 is 10.0 Å². The number of nitrogens with zero attached hydrogens (tertiary/aromatic N) is 1. The van der Waals surface area contributed by atoms with Crippen LogP contribution in [-0.2, 0) is 0 Å². The average molecular weight is 185 g/mol. The summed E-state index contributed by atoms with van der Waals surface area (Å²) in [5.41, 5.74) is 0.0197. The molecule has 0 aromatic rings. The van der Waals surface area contributed by atoms with Gasteiger partial charge in [-0.1, -0.05) is 27.7 Å². The first-order valence-electron chi connectivity index (χ1n) is 5.30. The highest BCUT2D eigenvalue weighted by Crippen LogP contribution is 2.22. The molecule has 1 heterocycles. The SMILES string of the molecule is CC1CCN(CC(O)C(C)(C)C)C1. The highest BCUT2D eigenvalue weighted by Gasteiger charge is 2.27. The number of aliphatic hydroxyl groups is 1. The third-order valence-corrected chi connectivity index (χ3v) is 2.94. The summed E-state index contributed by atoms with van der Waals surface area (Å²) < 4.78 is 0. The molecule has 0 spiro atoms. The van der Waals surface area contributed by atoms with Crippen LogP contribution in [0.25, 0.3) is 0 Å². The van der Waals surface area contributed by atoms with Gasteiger partial charge in [-0.25, -0.2) is 0 Å². The smallest absolute Gasteiger partial charge is 0.0715 e. The third-order valence-electron chi connectivity index (χ3n) is 2.94. The Hall–Kier alpha value is -0.0800. The second-order valence-corrected chi connectivity index (χ2v) is 5.54. The minimum absolute atomic E-state index is 0.0197. The van der Waals surface area contributed by atoms with Gasteiger partial charge in [0.25, 0.3) is 0 Å². The van der Waals surface area contributed by atoms with E-state index in [0.29, 0.717) is 0 Å². The molecule has 1 aliphatic rings. The second-order valence-electron chi connectivity index (χ2n) is 5.54. The van der Waals surface area contributed by atoms with E-state index in [4.69, 9.17) is 0 Å². The molecule has 0 aliphatic carbocycles. The maximum Gasteiger partial charge on any atom is 0.0715 e. The lowest BCUT2D eigenvalue weighted by Gasteiger charge is -2.29. The normalized spacial score (nSPS) is 27.9. The molecule has 1 fully saturated rings. The van der Waals surface area contributed by atoms with Crippen molar-refractivity contribution in [3.05, 3.63) is 0 Å². The first-order chi connectivity index (χ1) is 5.89. The minimum atomic E-state index is -0.196. The fourth-order valence-electron chi connectivity index (χ4n) is 1.71. The summed E-state index contributed by atoms with van der Waals surface area (Å²) in [6.45, 7) is 11.7. The molecule has 0 bridgehead atoms. The van der Waals surface area contributed by atoms with Crippen molar-refractivity contribution >= 4 is 0 Å². The molecular weight excluding hydrogens is 162 g/mol. The van der Waals surface area contributed by atoms with E-state index in [-0.39, 0.29) is 11.5 Å². The van der Waals surface area contributed by atoms with Crippen LogP contribution in [0.4, 0.5) is 0 Å². The predicted molar refractivity (Wildman–Crippen MR) is 55.7 cm³/mol. The molecule has 1 saturated heterocycles. The predicted octanol–water partition coefficient (Wildman–Crippen LogP) is 1.74. The van der Waals surface area contributed by atoms with Crippen molar-refractivity contribution in [2.45, 2.75) is 40.2 Å². The van der Waals surface area contributed by atoms with Gasteiger partial charge in [-0.15, -0.1) is 0 Å². The standard InChI is InChI=1S/C11H23NO/c1-9-5-6-12(7-9)8-10(13)11(2,3)4/h9-10,13H,5-8H2,1-4H3. The summed E-state index contributed by atoms with van der Waals surface area (Å²) in [6.07, 6.45) is 1.09. The first-order valence-corrected chi connectivity index (χ1v) is 5.30. The summed E-state index contributed by atoms with van der Waals surface area (Å²) >= 11 is 0. The van der Waals surface area contributed by atoms with E-state index in [1.54, 1.807) is 0 Å². The van der Waals surface area contributed by atoms with Crippen LogP contribution >= 0.6 is 0 Å². The topological polar surface area (TPSA) is 23.5 Å². The monoisotopic (exact) mass is 185 g/mol. The van der Waals surface area contributed by atoms with E-state index < -0.39 is 0 Å². The van der Waals surface area contributed by atoms with Gasteiger partial charge in [-0.05, 0) is 24.3 Å². The van der Waals surface area contributed by atoms with Gasteiger partial charge in [-0.2, -0.15) is 0 Å². The average Bonchev–Trinajstić information content (AvgIpc) is 2.33. The van der Waals surface area contributed by atoms with E-state index in [0.717, 1.165) is 25.6 Å². The molecule has 2 heteroatoms. The van der Waals surface area contributed by atoms with Gasteiger partial charge in [0, 0.05) is 13.1 Å². The Morgan fingerprint density at radius 1 is 1.46 bits per heavy atom. The molecule has 2 nitrogen and oxygen atoms in total. The highest BCUT2D eigenvalue weighted by molar-refractivity contribution is 4.80. The molecule has 1 aliphatic heterocycles. The number of rotatable bonds is 2. The van der Waals surface area contributed by atoms with Gasteiger partial charge in [0.15, 0.2) is 0 Å². The third kappa shape index (κ3) is 3.28. The fourth-order valence-corrected chi connectivity index (χ4v) is 1.71. The van der Waals surface area contributed by atoms with Crippen molar-refractivity contribution < 1.29 is 5.11 Å². The zero-order chi connectivity index (χ0) is 10.1. The molecule has 0 radical (unpaired) electrons. The van der Waals surface area contributed by atoms with E-state index in [9.17, 15) is 5.11 Å².